The summed E-state index contributed by atoms with van der Waals surface area (Å²) < 4.78 is 2.12. The number of halogens is 1. The standard InChI is InChI=1S/C25H33ClN7P/c1-34(2)22-6-4-3-5-21(22)31-23-20(26)16-28-24(32-23)30-18-15-29-33(17-18)19-7-9-25(10-8-19)11-13-27-14-12-25/h3-6,15-17,19,27H,7-14H2,1-2H3,(H2,28,30,31,32). The SMILES string of the molecule is CP(C)c1ccccc1Nc1nc(Nc2cnn(C3CCC4(CCNCC4)CC3)c2)ncc1Cl. The van der Waals surface area contributed by atoms with Gasteiger partial charge in [-0.15, -0.1) is 0 Å². The van der Waals surface area contributed by atoms with Crippen molar-refractivity contribution in [1.29, 1.82) is 0 Å². The first-order valence-corrected chi connectivity index (χ1v) is 14.7. The predicted molar refractivity (Wildman–Crippen MR) is 143 cm³/mol. The van der Waals surface area contributed by atoms with Gasteiger partial charge in [-0.2, -0.15) is 10.1 Å². The molecule has 3 heterocycles. The van der Waals surface area contributed by atoms with Crippen molar-refractivity contribution in [2.75, 3.05) is 37.1 Å². The lowest BCUT2D eigenvalue weighted by Crippen LogP contribution is -2.39. The number of para-hydroxylation sites is 1. The van der Waals surface area contributed by atoms with E-state index < -0.39 is 0 Å². The largest absolute Gasteiger partial charge is 0.338 e. The second-order valence-electron chi connectivity index (χ2n) is 9.74. The van der Waals surface area contributed by atoms with Crippen LogP contribution in [0.15, 0.2) is 42.9 Å². The minimum Gasteiger partial charge on any atom is -0.338 e. The van der Waals surface area contributed by atoms with Crippen LogP contribution in [0.5, 0.6) is 0 Å². The molecule has 3 N–H and O–H groups in total. The third-order valence-corrected chi connectivity index (χ3v) is 8.92. The first kappa shape index (κ1) is 23.5. The van der Waals surface area contributed by atoms with E-state index in [-0.39, 0.29) is 7.92 Å². The average Bonchev–Trinajstić information content (AvgIpc) is 3.31. The van der Waals surface area contributed by atoms with Crippen LogP contribution in [0.3, 0.4) is 0 Å². The molecule has 3 aromatic rings. The Morgan fingerprint density at radius 1 is 1.06 bits per heavy atom. The summed E-state index contributed by atoms with van der Waals surface area (Å²) in [7, 11) is -0.259. The number of anilines is 4. The molecule has 0 unspecified atom stereocenters. The summed E-state index contributed by atoms with van der Waals surface area (Å²) >= 11 is 6.42. The van der Waals surface area contributed by atoms with E-state index in [1.165, 1.54) is 56.9 Å². The Morgan fingerprint density at radius 2 is 1.82 bits per heavy atom. The zero-order valence-corrected chi connectivity index (χ0v) is 21.5. The van der Waals surface area contributed by atoms with Crippen molar-refractivity contribution in [3.05, 3.63) is 47.9 Å². The smallest absolute Gasteiger partial charge is 0.229 e. The van der Waals surface area contributed by atoms with E-state index in [2.05, 4.69) is 73.4 Å². The van der Waals surface area contributed by atoms with Crippen LogP contribution in [0.1, 0.15) is 44.6 Å². The van der Waals surface area contributed by atoms with Crippen molar-refractivity contribution < 1.29 is 0 Å². The van der Waals surface area contributed by atoms with Crippen molar-refractivity contribution in [3.8, 4) is 0 Å². The molecule has 0 bridgehead atoms. The maximum absolute atomic E-state index is 6.42. The van der Waals surface area contributed by atoms with Crippen LogP contribution >= 0.6 is 19.5 Å². The zero-order chi connectivity index (χ0) is 23.5. The molecule has 2 fully saturated rings. The highest BCUT2D eigenvalue weighted by Gasteiger charge is 2.36. The molecular weight excluding hydrogens is 465 g/mol. The van der Waals surface area contributed by atoms with Gasteiger partial charge in [-0.1, -0.05) is 37.7 Å². The summed E-state index contributed by atoms with van der Waals surface area (Å²) in [5.74, 6) is 1.09. The van der Waals surface area contributed by atoms with Crippen LogP contribution in [0.4, 0.5) is 23.1 Å². The number of piperidine rings is 1. The Kier molecular flexibility index (Phi) is 7.05. The Balaban J connectivity index is 1.25. The molecular formula is C25H33ClN7P. The molecule has 34 heavy (non-hydrogen) atoms. The molecule has 1 aliphatic heterocycles. The van der Waals surface area contributed by atoms with Crippen molar-refractivity contribution in [2.45, 2.75) is 44.6 Å². The van der Waals surface area contributed by atoms with Crippen molar-refractivity contribution >= 4 is 48.0 Å². The van der Waals surface area contributed by atoms with Gasteiger partial charge in [0.1, 0.15) is 5.02 Å². The molecule has 5 rings (SSSR count). The van der Waals surface area contributed by atoms with Gasteiger partial charge in [-0.25, -0.2) is 4.98 Å². The van der Waals surface area contributed by atoms with Crippen LogP contribution in [-0.2, 0) is 0 Å². The van der Waals surface area contributed by atoms with Crippen molar-refractivity contribution in [3.63, 3.8) is 0 Å². The first-order chi connectivity index (χ1) is 16.5. The highest BCUT2D eigenvalue weighted by Crippen LogP contribution is 2.46. The highest BCUT2D eigenvalue weighted by atomic mass is 35.5. The summed E-state index contributed by atoms with van der Waals surface area (Å²) in [5.41, 5.74) is 2.48. The van der Waals surface area contributed by atoms with Crippen LogP contribution in [0, 0.1) is 5.41 Å². The third kappa shape index (κ3) is 5.22. The van der Waals surface area contributed by atoms with Gasteiger partial charge in [0.2, 0.25) is 5.95 Å². The molecule has 1 saturated carbocycles. The Hall–Kier alpha value is -2.21. The van der Waals surface area contributed by atoms with E-state index >= 15 is 0 Å². The topological polar surface area (TPSA) is 79.7 Å². The molecule has 9 heteroatoms. The lowest BCUT2D eigenvalue weighted by molar-refractivity contribution is 0.104. The van der Waals surface area contributed by atoms with Gasteiger partial charge in [-0.3, -0.25) is 4.68 Å². The number of nitrogens with one attached hydrogen (secondary N) is 3. The van der Waals surface area contributed by atoms with Gasteiger partial charge in [-0.05, 0) is 81.7 Å². The van der Waals surface area contributed by atoms with Gasteiger partial charge < -0.3 is 16.0 Å². The molecule has 0 atom stereocenters. The lowest BCUT2D eigenvalue weighted by atomic mass is 9.67. The first-order valence-electron chi connectivity index (χ1n) is 12.1. The number of hydrogen-bond donors (Lipinski definition) is 3. The molecule has 2 aromatic heterocycles. The van der Waals surface area contributed by atoms with Crippen LogP contribution in [-0.4, -0.2) is 46.2 Å². The lowest BCUT2D eigenvalue weighted by Gasteiger charge is -2.43. The molecule has 1 aromatic carbocycles. The quantitative estimate of drug-likeness (QED) is 0.381. The van der Waals surface area contributed by atoms with Crippen LogP contribution in [0.25, 0.3) is 0 Å². The molecule has 7 nitrogen and oxygen atoms in total. The number of benzene rings is 1. The summed E-state index contributed by atoms with van der Waals surface area (Å²) in [5, 5.41) is 16.6. The molecule has 2 aliphatic rings. The predicted octanol–water partition coefficient (Wildman–Crippen LogP) is 5.67. The fourth-order valence-electron chi connectivity index (χ4n) is 5.28. The maximum Gasteiger partial charge on any atom is 0.229 e. The Labute approximate surface area is 207 Å². The Bertz CT molecular complexity index is 1120. The summed E-state index contributed by atoms with van der Waals surface area (Å²) in [6.07, 6.45) is 13.2. The molecule has 0 amide bonds. The van der Waals surface area contributed by atoms with E-state index in [1.54, 1.807) is 6.20 Å². The fraction of sp³-hybridized carbons (Fsp3) is 0.480. The van der Waals surface area contributed by atoms with Gasteiger partial charge in [0.25, 0.3) is 0 Å². The van der Waals surface area contributed by atoms with E-state index in [9.17, 15) is 0 Å². The van der Waals surface area contributed by atoms with Crippen molar-refractivity contribution in [2.24, 2.45) is 5.41 Å². The van der Waals surface area contributed by atoms with E-state index in [0.717, 1.165) is 11.4 Å². The second kappa shape index (κ2) is 10.2. The zero-order valence-electron chi connectivity index (χ0n) is 19.9. The van der Waals surface area contributed by atoms with Crippen LogP contribution in [0.2, 0.25) is 5.02 Å². The van der Waals surface area contributed by atoms with Crippen LogP contribution < -0.4 is 21.3 Å². The minimum absolute atomic E-state index is 0.259. The summed E-state index contributed by atoms with van der Waals surface area (Å²) in [6, 6.07) is 8.76. The number of nitrogens with zero attached hydrogens (tertiary/aromatic N) is 4. The van der Waals surface area contributed by atoms with Crippen molar-refractivity contribution in [1.82, 2.24) is 25.1 Å². The number of aromatic nitrogens is 4. The summed E-state index contributed by atoms with van der Waals surface area (Å²) in [4.78, 5) is 9.02. The van der Waals surface area contributed by atoms with E-state index in [0.29, 0.717) is 28.2 Å². The van der Waals surface area contributed by atoms with Gasteiger partial charge >= 0.3 is 0 Å². The fourth-order valence-corrected chi connectivity index (χ4v) is 6.41. The van der Waals surface area contributed by atoms with Gasteiger partial charge in [0, 0.05) is 11.9 Å². The van der Waals surface area contributed by atoms with E-state index in [1.807, 2.05) is 12.3 Å². The number of rotatable bonds is 6. The van der Waals surface area contributed by atoms with Gasteiger partial charge in [0.15, 0.2) is 5.82 Å². The summed E-state index contributed by atoms with van der Waals surface area (Å²) in [6.45, 7) is 6.81. The Morgan fingerprint density at radius 3 is 2.59 bits per heavy atom. The minimum atomic E-state index is -0.259. The maximum atomic E-state index is 6.42. The normalized spacial score (nSPS) is 18.4. The molecule has 180 valence electrons. The second-order valence-corrected chi connectivity index (χ2v) is 12.4. The highest BCUT2D eigenvalue weighted by molar-refractivity contribution is 7.64. The average molecular weight is 498 g/mol. The molecule has 1 spiro atoms. The molecule has 1 aliphatic carbocycles. The third-order valence-electron chi connectivity index (χ3n) is 7.29. The molecule has 0 radical (unpaired) electrons. The van der Waals surface area contributed by atoms with E-state index in [4.69, 9.17) is 11.6 Å². The number of hydrogen-bond acceptors (Lipinski definition) is 6. The molecule has 1 saturated heterocycles. The van der Waals surface area contributed by atoms with Gasteiger partial charge in [0.05, 0.1) is 24.1 Å². The monoisotopic (exact) mass is 497 g/mol.